The van der Waals surface area contributed by atoms with E-state index in [1.54, 1.807) is 12.1 Å². The minimum absolute atomic E-state index is 0.375. The van der Waals surface area contributed by atoms with Crippen LogP contribution in [0.15, 0.2) is 18.2 Å². The van der Waals surface area contributed by atoms with Gasteiger partial charge in [-0.15, -0.1) is 0 Å². The minimum atomic E-state index is 0.375. The molecule has 1 saturated carbocycles. The highest BCUT2D eigenvalue weighted by atomic mass is 35.5. The Bertz CT molecular complexity index is 435. The van der Waals surface area contributed by atoms with Crippen LogP contribution in [0.1, 0.15) is 37.7 Å². The molecule has 1 aliphatic heterocycles. The second-order valence-electron chi connectivity index (χ2n) is 5.64. The van der Waals surface area contributed by atoms with Crippen LogP contribution in [-0.2, 0) is 6.54 Å². The van der Waals surface area contributed by atoms with Gasteiger partial charge in [-0.1, -0.05) is 18.0 Å². The highest BCUT2D eigenvalue weighted by Crippen LogP contribution is 2.38. The molecular weight excluding hydrogens is 246 g/mol. The normalized spacial score (nSPS) is 28.3. The molecule has 1 aromatic rings. The third-order valence-corrected chi connectivity index (χ3v) is 4.76. The minimum Gasteiger partial charge on any atom is -0.508 e. The maximum absolute atomic E-state index is 9.92. The molecule has 2 unspecified atom stereocenters. The fourth-order valence-corrected chi connectivity index (χ4v) is 3.85. The highest BCUT2D eigenvalue weighted by Gasteiger charge is 2.34. The van der Waals surface area contributed by atoms with Crippen molar-refractivity contribution in [1.82, 2.24) is 4.90 Å². The van der Waals surface area contributed by atoms with Gasteiger partial charge in [-0.2, -0.15) is 0 Å². The van der Waals surface area contributed by atoms with Gasteiger partial charge in [0.15, 0.2) is 0 Å². The first-order valence-corrected chi connectivity index (χ1v) is 7.33. The van der Waals surface area contributed by atoms with Crippen LogP contribution in [0.2, 0.25) is 5.02 Å². The molecule has 3 rings (SSSR count). The van der Waals surface area contributed by atoms with Crippen molar-refractivity contribution in [2.45, 2.75) is 44.7 Å². The number of benzene rings is 1. The van der Waals surface area contributed by atoms with E-state index in [1.807, 2.05) is 6.07 Å². The zero-order chi connectivity index (χ0) is 12.5. The lowest BCUT2D eigenvalue weighted by atomic mass is 9.91. The molecule has 2 fully saturated rings. The molecule has 1 heterocycles. The first-order valence-electron chi connectivity index (χ1n) is 6.95. The maximum atomic E-state index is 9.92. The molecule has 1 aliphatic carbocycles. The van der Waals surface area contributed by atoms with Crippen LogP contribution >= 0.6 is 11.6 Å². The van der Waals surface area contributed by atoms with E-state index in [4.69, 9.17) is 11.6 Å². The van der Waals surface area contributed by atoms with Crippen LogP contribution < -0.4 is 0 Å². The number of phenols is 1. The molecule has 0 aromatic heterocycles. The number of piperidine rings is 1. The Morgan fingerprint density at radius 1 is 1.22 bits per heavy atom. The van der Waals surface area contributed by atoms with E-state index in [9.17, 15) is 5.11 Å². The van der Waals surface area contributed by atoms with E-state index < -0.39 is 0 Å². The standard InChI is InChI=1S/C15H20ClNO/c16-13-6-7-15(18)12(9-13)10-17-8-2-4-11-3-1-5-14(11)17/h6-7,9,11,14,18H,1-5,8,10H2. The average molecular weight is 266 g/mol. The van der Waals surface area contributed by atoms with Gasteiger partial charge in [-0.3, -0.25) is 4.90 Å². The van der Waals surface area contributed by atoms with Crippen LogP contribution in [-0.4, -0.2) is 22.6 Å². The number of likely N-dealkylation sites (tertiary alicyclic amines) is 1. The van der Waals surface area contributed by atoms with Crippen molar-refractivity contribution in [3.63, 3.8) is 0 Å². The summed E-state index contributed by atoms with van der Waals surface area (Å²) in [6.07, 6.45) is 6.77. The summed E-state index contributed by atoms with van der Waals surface area (Å²) in [5.41, 5.74) is 0.968. The van der Waals surface area contributed by atoms with Crippen LogP contribution in [0.3, 0.4) is 0 Å². The number of rotatable bonds is 2. The number of fused-ring (bicyclic) bond motifs is 1. The summed E-state index contributed by atoms with van der Waals surface area (Å²) >= 11 is 6.02. The van der Waals surface area contributed by atoms with Crippen LogP contribution in [0.5, 0.6) is 5.75 Å². The predicted octanol–water partition coefficient (Wildman–Crippen LogP) is 3.81. The van der Waals surface area contributed by atoms with Gasteiger partial charge in [0.25, 0.3) is 0 Å². The van der Waals surface area contributed by atoms with Gasteiger partial charge in [0.05, 0.1) is 0 Å². The molecule has 98 valence electrons. The number of hydrogen-bond donors (Lipinski definition) is 1. The smallest absolute Gasteiger partial charge is 0.120 e. The van der Waals surface area contributed by atoms with Gasteiger partial charge in [0, 0.05) is 23.2 Å². The van der Waals surface area contributed by atoms with E-state index in [1.165, 1.54) is 32.1 Å². The molecule has 1 saturated heterocycles. The van der Waals surface area contributed by atoms with E-state index >= 15 is 0 Å². The van der Waals surface area contributed by atoms with Gasteiger partial charge in [-0.05, 0) is 56.3 Å². The topological polar surface area (TPSA) is 23.5 Å². The van der Waals surface area contributed by atoms with Crippen molar-refractivity contribution < 1.29 is 5.11 Å². The Balaban J connectivity index is 1.77. The quantitative estimate of drug-likeness (QED) is 0.879. The molecule has 0 amide bonds. The average Bonchev–Trinajstić information content (AvgIpc) is 2.83. The van der Waals surface area contributed by atoms with Crippen LogP contribution in [0.4, 0.5) is 0 Å². The van der Waals surface area contributed by atoms with Crippen molar-refractivity contribution in [1.29, 1.82) is 0 Å². The Hall–Kier alpha value is -0.730. The Labute approximate surface area is 114 Å². The number of nitrogens with zero attached hydrogens (tertiary/aromatic N) is 1. The van der Waals surface area contributed by atoms with E-state index in [0.717, 1.165) is 30.6 Å². The SMILES string of the molecule is Oc1ccc(Cl)cc1CN1CCCC2CCCC21. The first-order chi connectivity index (χ1) is 8.74. The summed E-state index contributed by atoms with van der Waals surface area (Å²) in [7, 11) is 0. The molecule has 2 aliphatic rings. The fourth-order valence-electron chi connectivity index (χ4n) is 3.65. The lowest BCUT2D eigenvalue weighted by molar-refractivity contribution is 0.105. The Morgan fingerprint density at radius 2 is 2.06 bits per heavy atom. The summed E-state index contributed by atoms with van der Waals surface area (Å²) in [4.78, 5) is 2.55. The van der Waals surface area contributed by atoms with Crippen molar-refractivity contribution in [2.24, 2.45) is 5.92 Å². The van der Waals surface area contributed by atoms with Gasteiger partial charge in [0.1, 0.15) is 5.75 Å². The van der Waals surface area contributed by atoms with Crippen molar-refractivity contribution in [2.75, 3.05) is 6.54 Å². The van der Waals surface area contributed by atoms with Gasteiger partial charge >= 0.3 is 0 Å². The van der Waals surface area contributed by atoms with Gasteiger partial charge in [0.2, 0.25) is 0 Å². The van der Waals surface area contributed by atoms with Gasteiger partial charge in [-0.25, -0.2) is 0 Å². The molecule has 2 atom stereocenters. The lowest BCUT2D eigenvalue weighted by Gasteiger charge is -2.37. The third-order valence-electron chi connectivity index (χ3n) is 4.52. The van der Waals surface area contributed by atoms with Crippen molar-refractivity contribution in [3.8, 4) is 5.75 Å². The summed E-state index contributed by atoms with van der Waals surface area (Å²) in [5, 5.41) is 10.6. The van der Waals surface area contributed by atoms with E-state index in [2.05, 4.69) is 4.90 Å². The monoisotopic (exact) mass is 265 g/mol. The highest BCUT2D eigenvalue weighted by molar-refractivity contribution is 6.30. The zero-order valence-electron chi connectivity index (χ0n) is 10.6. The Kier molecular flexibility index (Phi) is 3.49. The molecule has 2 nitrogen and oxygen atoms in total. The lowest BCUT2D eigenvalue weighted by Crippen LogP contribution is -2.41. The number of phenolic OH excluding ortho intramolecular Hbond substituents is 1. The predicted molar refractivity (Wildman–Crippen MR) is 73.9 cm³/mol. The molecular formula is C15H20ClNO. The van der Waals surface area contributed by atoms with Crippen LogP contribution in [0.25, 0.3) is 0 Å². The van der Waals surface area contributed by atoms with Crippen molar-refractivity contribution >= 4 is 11.6 Å². The first kappa shape index (κ1) is 12.3. The summed E-state index contributed by atoms with van der Waals surface area (Å²) in [6, 6.07) is 6.08. The molecule has 1 N–H and O–H groups in total. The second kappa shape index (κ2) is 5.10. The molecule has 3 heteroatoms. The zero-order valence-corrected chi connectivity index (χ0v) is 11.4. The van der Waals surface area contributed by atoms with Crippen LogP contribution in [0, 0.1) is 5.92 Å². The molecule has 0 radical (unpaired) electrons. The number of hydrogen-bond acceptors (Lipinski definition) is 2. The molecule has 0 spiro atoms. The van der Waals surface area contributed by atoms with E-state index in [0.29, 0.717) is 10.8 Å². The summed E-state index contributed by atoms with van der Waals surface area (Å²) in [5.74, 6) is 1.26. The Morgan fingerprint density at radius 3 is 2.94 bits per heavy atom. The number of halogens is 1. The number of aromatic hydroxyl groups is 1. The molecule has 0 bridgehead atoms. The summed E-state index contributed by atoms with van der Waals surface area (Å²) < 4.78 is 0. The van der Waals surface area contributed by atoms with E-state index in [-0.39, 0.29) is 0 Å². The third kappa shape index (κ3) is 2.36. The largest absolute Gasteiger partial charge is 0.508 e. The molecule has 1 aromatic carbocycles. The summed E-state index contributed by atoms with van der Waals surface area (Å²) in [6.45, 7) is 2.00. The maximum Gasteiger partial charge on any atom is 0.120 e. The molecule has 18 heavy (non-hydrogen) atoms. The van der Waals surface area contributed by atoms with Gasteiger partial charge < -0.3 is 5.11 Å². The second-order valence-corrected chi connectivity index (χ2v) is 6.08. The van der Waals surface area contributed by atoms with Crippen molar-refractivity contribution in [3.05, 3.63) is 28.8 Å². The fraction of sp³-hybridized carbons (Fsp3) is 0.600.